The van der Waals surface area contributed by atoms with Crippen LogP contribution in [0.1, 0.15) is 56.6 Å². The molecule has 1 amide bonds. The van der Waals surface area contributed by atoms with E-state index in [1.807, 2.05) is 13.8 Å². The van der Waals surface area contributed by atoms with Gasteiger partial charge < -0.3 is 15.6 Å². The van der Waals surface area contributed by atoms with E-state index in [0.29, 0.717) is 12.2 Å². The lowest BCUT2D eigenvalue weighted by molar-refractivity contribution is -0.384. The molecular formula is C14H24N4O3. The fourth-order valence-electron chi connectivity index (χ4n) is 2.13. The molecule has 1 aromatic rings. The van der Waals surface area contributed by atoms with Crippen LogP contribution in [0.15, 0.2) is 12.3 Å². The van der Waals surface area contributed by atoms with Crippen molar-refractivity contribution in [3.8, 4) is 0 Å². The number of unbranched alkanes of at least 4 members (excludes halogenated alkanes) is 1. The lowest BCUT2D eigenvalue weighted by Gasteiger charge is -2.18. The molecule has 1 aromatic heterocycles. The number of carbonyl (C=O) groups excluding carboxylic acids is 1. The molecule has 0 radical (unpaired) electrons. The molecule has 0 saturated carbocycles. The van der Waals surface area contributed by atoms with Gasteiger partial charge in [-0.05, 0) is 20.3 Å². The molecular weight excluding hydrogens is 272 g/mol. The molecule has 3 N–H and O–H groups in total. The average molecular weight is 296 g/mol. The number of nitrogens with two attached hydrogens (primary N) is 1. The fourth-order valence-corrected chi connectivity index (χ4v) is 2.13. The van der Waals surface area contributed by atoms with Crippen LogP contribution in [0.5, 0.6) is 0 Å². The number of carbonyl (C=O) groups is 1. The minimum absolute atomic E-state index is 0.0357. The van der Waals surface area contributed by atoms with Gasteiger partial charge in [-0.2, -0.15) is 0 Å². The monoisotopic (exact) mass is 296 g/mol. The lowest BCUT2D eigenvalue weighted by Crippen LogP contribution is -2.40. The maximum Gasteiger partial charge on any atom is 0.287 e. The Morgan fingerprint density at radius 2 is 2.19 bits per heavy atom. The lowest BCUT2D eigenvalue weighted by atomic mass is 10.1. The van der Waals surface area contributed by atoms with Gasteiger partial charge in [-0.1, -0.05) is 19.8 Å². The minimum Gasteiger partial charge on any atom is -0.347 e. The number of nitro groups is 1. The SMILES string of the molecule is CCCCC(CN)NC(=O)c1cc([N+](=O)[O-])cn1C(C)C. The van der Waals surface area contributed by atoms with Crippen LogP contribution in [0.3, 0.4) is 0 Å². The molecule has 1 heterocycles. The Morgan fingerprint density at radius 3 is 2.67 bits per heavy atom. The highest BCUT2D eigenvalue weighted by atomic mass is 16.6. The maximum absolute atomic E-state index is 12.3. The Labute approximate surface area is 124 Å². The molecule has 1 atom stereocenters. The summed E-state index contributed by atoms with van der Waals surface area (Å²) in [6.07, 6.45) is 4.21. The topological polar surface area (TPSA) is 103 Å². The van der Waals surface area contributed by atoms with E-state index < -0.39 is 4.92 Å². The molecule has 7 heteroatoms. The average Bonchev–Trinajstić information content (AvgIpc) is 2.88. The van der Waals surface area contributed by atoms with Crippen LogP contribution in [-0.4, -0.2) is 28.0 Å². The van der Waals surface area contributed by atoms with Crippen LogP contribution < -0.4 is 11.1 Å². The first-order chi connectivity index (χ1) is 9.90. The highest BCUT2D eigenvalue weighted by molar-refractivity contribution is 5.93. The summed E-state index contributed by atoms with van der Waals surface area (Å²) >= 11 is 0. The molecule has 0 saturated heterocycles. The summed E-state index contributed by atoms with van der Waals surface area (Å²) in [5, 5.41) is 13.7. The molecule has 0 fully saturated rings. The highest BCUT2D eigenvalue weighted by Crippen LogP contribution is 2.20. The molecule has 0 bridgehead atoms. The number of amides is 1. The Bertz CT molecular complexity index is 496. The van der Waals surface area contributed by atoms with Gasteiger partial charge in [0, 0.05) is 24.7 Å². The smallest absolute Gasteiger partial charge is 0.287 e. The van der Waals surface area contributed by atoms with E-state index in [0.717, 1.165) is 19.3 Å². The van der Waals surface area contributed by atoms with E-state index in [-0.39, 0.29) is 23.7 Å². The second-order valence-electron chi connectivity index (χ2n) is 5.39. The van der Waals surface area contributed by atoms with E-state index >= 15 is 0 Å². The van der Waals surface area contributed by atoms with E-state index in [4.69, 9.17) is 5.73 Å². The third kappa shape index (κ3) is 4.56. The normalized spacial score (nSPS) is 12.4. The first-order valence-electron chi connectivity index (χ1n) is 7.27. The quantitative estimate of drug-likeness (QED) is 0.567. The highest BCUT2D eigenvalue weighted by Gasteiger charge is 2.22. The Hall–Kier alpha value is -1.89. The second-order valence-corrected chi connectivity index (χ2v) is 5.39. The van der Waals surface area contributed by atoms with Crippen molar-refractivity contribution in [3.63, 3.8) is 0 Å². The van der Waals surface area contributed by atoms with Gasteiger partial charge in [-0.15, -0.1) is 0 Å². The zero-order chi connectivity index (χ0) is 16.0. The molecule has 0 aliphatic heterocycles. The van der Waals surface area contributed by atoms with Crippen molar-refractivity contribution in [3.05, 3.63) is 28.1 Å². The van der Waals surface area contributed by atoms with Crippen molar-refractivity contribution in [2.24, 2.45) is 5.73 Å². The van der Waals surface area contributed by atoms with Crippen molar-refractivity contribution in [2.75, 3.05) is 6.54 Å². The second kappa shape index (κ2) is 7.78. The van der Waals surface area contributed by atoms with E-state index in [9.17, 15) is 14.9 Å². The fraction of sp³-hybridized carbons (Fsp3) is 0.643. The van der Waals surface area contributed by atoms with E-state index in [1.165, 1.54) is 12.3 Å². The van der Waals surface area contributed by atoms with Gasteiger partial charge in [-0.3, -0.25) is 14.9 Å². The minimum atomic E-state index is -0.493. The summed E-state index contributed by atoms with van der Waals surface area (Å²) in [4.78, 5) is 22.7. The summed E-state index contributed by atoms with van der Waals surface area (Å²) in [5.74, 6) is -0.316. The Balaban J connectivity index is 2.92. The number of aromatic nitrogens is 1. The van der Waals surface area contributed by atoms with Crippen molar-refractivity contribution < 1.29 is 9.72 Å². The van der Waals surface area contributed by atoms with Crippen molar-refractivity contribution in [2.45, 2.75) is 52.1 Å². The van der Waals surface area contributed by atoms with Gasteiger partial charge >= 0.3 is 0 Å². The third-order valence-electron chi connectivity index (χ3n) is 3.36. The Morgan fingerprint density at radius 1 is 1.52 bits per heavy atom. The van der Waals surface area contributed by atoms with E-state index in [1.54, 1.807) is 4.57 Å². The largest absolute Gasteiger partial charge is 0.347 e. The number of nitrogens with zero attached hydrogens (tertiary/aromatic N) is 2. The molecule has 1 unspecified atom stereocenters. The molecule has 118 valence electrons. The van der Waals surface area contributed by atoms with Crippen LogP contribution in [0.25, 0.3) is 0 Å². The van der Waals surface area contributed by atoms with Gasteiger partial charge in [0.2, 0.25) is 0 Å². The molecule has 0 aromatic carbocycles. The summed E-state index contributed by atoms with van der Waals surface area (Å²) < 4.78 is 1.61. The Kier molecular flexibility index (Phi) is 6.36. The first-order valence-corrected chi connectivity index (χ1v) is 7.27. The van der Waals surface area contributed by atoms with Crippen molar-refractivity contribution in [1.82, 2.24) is 9.88 Å². The predicted molar refractivity (Wildman–Crippen MR) is 81.3 cm³/mol. The number of rotatable bonds is 8. The van der Waals surface area contributed by atoms with Crippen LogP contribution >= 0.6 is 0 Å². The predicted octanol–water partition coefficient (Wildman–Crippen LogP) is 2.22. The van der Waals surface area contributed by atoms with Gasteiger partial charge in [-0.25, -0.2) is 0 Å². The van der Waals surface area contributed by atoms with Gasteiger partial charge in [0.25, 0.3) is 11.6 Å². The van der Waals surface area contributed by atoms with Crippen molar-refractivity contribution >= 4 is 11.6 Å². The standard InChI is InChI=1S/C14H24N4O3/c1-4-5-6-11(8-15)16-14(19)13-7-12(18(20)21)9-17(13)10(2)3/h7,9-11H,4-6,8,15H2,1-3H3,(H,16,19). The molecule has 21 heavy (non-hydrogen) atoms. The molecule has 0 spiro atoms. The van der Waals surface area contributed by atoms with Gasteiger partial charge in [0.05, 0.1) is 11.1 Å². The van der Waals surface area contributed by atoms with Gasteiger partial charge in [0.1, 0.15) is 5.69 Å². The molecule has 0 aliphatic carbocycles. The molecule has 7 nitrogen and oxygen atoms in total. The van der Waals surface area contributed by atoms with Crippen LogP contribution in [0.4, 0.5) is 5.69 Å². The van der Waals surface area contributed by atoms with Gasteiger partial charge in [0.15, 0.2) is 0 Å². The third-order valence-corrected chi connectivity index (χ3v) is 3.36. The van der Waals surface area contributed by atoms with Crippen molar-refractivity contribution in [1.29, 1.82) is 0 Å². The number of nitrogens with one attached hydrogen (secondary N) is 1. The maximum atomic E-state index is 12.3. The van der Waals surface area contributed by atoms with Crippen LogP contribution in [0.2, 0.25) is 0 Å². The zero-order valence-electron chi connectivity index (χ0n) is 12.8. The number of hydrogen-bond acceptors (Lipinski definition) is 4. The summed E-state index contributed by atoms with van der Waals surface area (Å²) in [6, 6.07) is 1.17. The summed E-state index contributed by atoms with van der Waals surface area (Å²) in [7, 11) is 0. The zero-order valence-corrected chi connectivity index (χ0v) is 12.8. The van der Waals surface area contributed by atoms with Crippen LogP contribution in [0, 0.1) is 10.1 Å². The molecule has 0 aliphatic rings. The molecule has 1 rings (SSSR count). The van der Waals surface area contributed by atoms with Crippen LogP contribution in [-0.2, 0) is 0 Å². The number of hydrogen-bond donors (Lipinski definition) is 2. The first kappa shape index (κ1) is 17.2. The summed E-state index contributed by atoms with van der Waals surface area (Å²) in [6.45, 7) is 6.18. The van der Waals surface area contributed by atoms with E-state index in [2.05, 4.69) is 12.2 Å². The summed E-state index contributed by atoms with van der Waals surface area (Å²) in [5.41, 5.74) is 5.88.